The molecule has 0 aromatic heterocycles. The SMILES string of the molecule is CC(C)(C)C[C@@H](CCCCCN)C(=O)C(C)(C)C. The summed E-state index contributed by atoms with van der Waals surface area (Å²) in [5.74, 6) is 0.632. The number of nitrogens with two attached hydrogens (primary N) is 1. The Hall–Kier alpha value is -0.370. The van der Waals surface area contributed by atoms with E-state index in [4.69, 9.17) is 5.73 Å². The zero-order valence-corrected chi connectivity index (χ0v) is 13.3. The van der Waals surface area contributed by atoms with Crippen molar-refractivity contribution in [2.45, 2.75) is 73.6 Å². The first-order valence-electron chi connectivity index (χ1n) is 7.32. The summed E-state index contributed by atoms with van der Waals surface area (Å²) >= 11 is 0. The molecule has 0 aliphatic heterocycles. The van der Waals surface area contributed by atoms with Crippen molar-refractivity contribution in [2.75, 3.05) is 6.54 Å². The van der Waals surface area contributed by atoms with E-state index in [-0.39, 0.29) is 16.7 Å². The van der Waals surface area contributed by atoms with Gasteiger partial charge in [0, 0.05) is 11.3 Å². The van der Waals surface area contributed by atoms with Crippen LogP contribution >= 0.6 is 0 Å². The summed E-state index contributed by atoms with van der Waals surface area (Å²) in [4.78, 5) is 12.5. The highest BCUT2D eigenvalue weighted by Crippen LogP contribution is 2.33. The van der Waals surface area contributed by atoms with Gasteiger partial charge in [0.15, 0.2) is 0 Å². The van der Waals surface area contributed by atoms with E-state index in [0.29, 0.717) is 5.78 Å². The van der Waals surface area contributed by atoms with Gasteiger partial charge in [-0.05, 0) is 31.2 Å². The molecular formula is C16H33NO. The minimum Gasteiger partial charge on any atom is -0.330 e. The number of Topliss-reactive ketones (excluding diaryl/α,β-unsaturated/α-hetero) is 1. The maximum atomic E-state index is 12.5. The third kappa shape index (κ3) is 7.86. The van der Waals surface area contributed by atoms with Crippen molar-refractivity contribution >= 4 is 5.78 Å². The van der Waals surface area contributed by atoms with Crippen LogP contribution < -0.4 is 5.73 Å². The molecule has 0 heterocycles. The van der Waals surface area contributed by atoms with Gasteiger partial charge in [0.2, 0.25) is 0 Å². The van der Waals surface area contributed by atoms with Crippen LogP contribution in [0, 0.1) is 16.7 Å². The maximum Gasteiger partial charge on any atom is 0.141 e. The third-order valence-electron chi connectivity index (χ3n) is 3.23. The zero-order valence-electron chi connectivity index (χ0n) is 13.3. The fourth-order valence-electron chi connectivity index (χ4n) is 2.39. The van der Waals surface area contributed by atoms with Crippen molar-refractivity contribution in [3.05, 3.63) is 0 Å². The molecule has 1 atom stereocenters. The molecule has 0 spiro atoms. The molecule has 0 fully saturated rings. The molecule has 0 bridgehead atoms. The highest BCUT2D eigenvalue weighted by Gasteiger charge is 2.31. The Kier molecular flexibility index (Phi) is 7.13. The number of rotatable bonds is 7. The highest BCUT2D eigenvalue weighted by molar-refractivity contribution is 5.85. The number of ketones is 1. The van der Waals surface area contributed by atoms with E-state index >= 15 is 0 Å². The van der Waals surface area contributed by atoms with Crippen LogP contribution in [0.25, 0.3) is 0 Å². The molecule has 0 unspecified atom stereocenters. The zero-order chi connectivity index (χ0) is 14.4. The molecular weight excluding hydrogens is 222 g/mol. The van der Waals surface area contributed by atoms with Gasteiger partial charge in [-0.3, -0.25) is 4.79 Å². The lowest BCUT2D eigenvalue weighted by Gasteiger charge is -2.30. The quantitative estimate of drug-likeness (QED) is 0.694. The van der Waals surface area contributed by atoms with Crippen LogP contribution in [0.15, 0.2) is 0 Å². The summed E-state index contributed by atoms with van der Waals surface area (Å²) in [5.41, 5.74) is 5.51. The fourth-order valence-corrected chi connectivity index (χ4v) is 2.39. The average molecular weight is 255 g/mol. The molecule has 2 heteroatoms. The van der Waals surface area contributed by atoms with E-state index in [2.05, 4.69) is 20.8 Å². The van der Waals surface area contributed by atoms with Crippen molar-refractivity contribution in [1.29, 1.82) is 0 Å². The molecule has 0 aliphatic rings. The first-order chi connectivity index (χ1) is 8.08. The van der Waals surface area contributed by atoms with Gasteiger partial charge in [-0.1, -0.05) is 54.4 Å². The maximum absolute atomic E-state index is 12.5. The fraction of sp³-hybridized carbons (Fsp3) is 0.938. The van der Waals surface area contributed by atoms with Crippen molar-refractivity contribution in [3.8, 4) is 0 Å². The summed E-state index contributed by atoms with van der Waals surface area (Å²) in [6.07, 6.45) is 5.36. The van der Waals surface area contributed by atoms with Crippen molar-refractivity contribution < 1.29 is 4.79 Å². The molecule has 0 radical (unpaired) electrons. The number of carbonyl (C=O) groups is 1. The van der Waals surface area contributed by atoms with E-state index in [1.165, 1.54) is 0 Å². The Morgan fingerprint density at radius 2 is 1.56 bits per heavy atom. The van der Waals surface area contributed by atoms with E-state index < -0.39 is 0 Å². The minimum absolute atomic E-state index is 0.211. The largest absolute Gasteiger partial charge is 0.330 e. The second-order valence-electron chi connectivity index (χ2n) is 7.71. The summed E-state index contributed by atoms with van der Waals surface area (Å²) in [7, 11) is 0. The Bertz CT molecular complexity index is 245. The lowest BCUT2D eigenvalue weighted by molar-refractivity contribution is -0.131. The van der Waals surface area contributed by atoms with Crippen LogP contribution in [0.3, 0.4) is 0 Å². The van der Waals surface area contributed by atoms with Gasteiger partial charge in [0.05, 0.1) is 0 Å². The Morgan fingerprint density at radius 3 is 1.94 bits per heavy atom. The molecule has 0 aromatic carbocycles. The van der Waals surface area contributed by atoms with Gasteiger partial charge in [0.1, 0.15) is 5.78 Å². The molecule has 0 rings (SSSR count). The number of hydrogen-bond acceptors (Lipinski definition) is 2. The summed E-state index contributed by atoms with van der Waals surface area (Å²) in [6, 6.07) is 0. The lowest BCUT2D eigenvalue weighted by atomic mass is 9.74. The van der Waals surface area contributed by atoms with Gasteiger partial charge >= 0.3 is 0 Å². The van der Waals surface area contributed by atoms with Gasteiger partial charge in [-0.2, -0.15) is 0 Å². The highest BCUT2D eigenvalue weighted by atomic mass is 16.1. The molecule has 0 aromatic rings. The first-order valence-corrected chi connectivity index (χ1v) is 7.32. The smallest absolute Gasteiger partial charge is 0.141 e. The lowest BCUT2D eigenvalue weighted by Crippen LogP contribution is -2.31. The van der Waals surface area contributed by atoms with Gasteiger partial charge in [-0.15, -0.1) is 0 Å². The Labute approximate surface area is 114 Å². The topological polar surface area (TPSA) is 43.1 Å². The molecule has 2 N–H and O–H groups in total. The van der Waals surface area contributed by atoms with Crippen LogP contribution in [0.4, 0.5) is 0 Å². The standard InChI is InChI=1S/C16H33NO/c1-15(2,3)12-13(10-8-7-9-11-17)14(18)16(4,5)6/h13H,7-12,17H2,1-6H3/t13-/m1/s1. The van der Waals surface area contributed by atoms with Gasteiger partial charge in [0.25, 0.3) is 0 Å². The van der Waals surface area contributed by atoms with Crippen LogP contribution in [-0.2, 0) is 4.79 Å². The molecule has 0 aliphatic carbocycles. The Morgan fingerprint density at radius 1 is 1.00 bits per heavy atom. The molecule has 0 saturated carbocycles. The predicted molar refractivity (Wildman–Crippen MR) is 79.5 cm³/mol. The van der Waals surface area contributed by atoms with Gasteiger partial charge < -0.3 is 5.73 Å². The van der Waals surface area contributed by atoms with E-state index in [9.17, 15) is 4.79 Å². The predicted octanol–water partition coefficient (Wildman–Crippen LogP) is 4.17. The van der Waals surface area contributed by atoms with Gasteiger partial charge in [-0.25, -0.2) is 0 Å². The molecule has 2 nitrogen and oxygen atoms in total. The molecule has 0 saturated heterocycles. The third-order valence-corrected chi connectivity index (χ3v) is 3.23. The number of hydrogen-bond donors (Lipinski definition) is 1. The van der Waals surface area contributed by atoms with E-state index in [0.717, 1.165) is 38.6 Å². The summed E-state index contributed by atoms with van der Waals surface area (Å²) < 4.78 is 0. The summed E-state index contributed by atoms with van der Waals surface area (Å²) in [6.45, 7) is 13.5. The molecule has 108 valence electrons. The van der Waals surface area contributed by atoms with Crippen molar-refractivity contribution in [3.63, 3.8) is 0 Å². The van der Waals surface area contributed by atoms with Crippen LogP contribution in [0.5, 0.6) is 0 Å². The first kappa shape index (κ1) is 17.6. The minimum atomic E-state index is -0.218. The monoisotopic (exact) mass is 255 g/mol. The summed E-state index contributed by atoms with van der Waals surface area (Å²) in [5, 5.41) is 0. The second kappa shape index (κ2) is 7.28. The van der Waals surface area contributed by atoms with Crippen LogP contribution in [0.1, 0.15) is 73.6 Å². The van der Waals surface area contributed by atoms with Crippen LogP contribution in [-0.4, -0.2) is 12.3 Å². The van der Waals surface area contributed by atoms with E-state index in [1.807, 2.05) is 20.8 Å². The number of carbonyl (C=O) groups excluding carboxylic acids is 1. The Balaban J connectivity index is 4.49. The van der Waals surface area contributed by atoms with Crippen LogP contribution in [0.2, 0.25) is 0 Å². The average Bonchev–Trinajstić information content (AvgIpc) is 2.18. The van der Waals surface area contributed by atoms with Crippen molar-refractivity contribution in [1.82, 2.24) is 0 Å². The second-order valence-corrected chi connectivity index (χ2v) is 7.71. The number of unbranched alkanes of at least 4 members (excludes halogenated alkanes) is 2. The van der Waals surface area contributed by atoms with E-state index in [1.54, 1.807) is 0 Å². The molecule has 0 amide bonds. The van der Waals surface area contributed by atoms with Crippen molar-refractivity contribution in [2.24, 2.45) is 22.5 Å². The molecule has 18 heavy (non-hydrogen) atoms. The normalized spacial score (nSPS) is 14.6.